The first-order chi connectivity index (χ1) is 14.4. The predicted octanol–water partition coefficient (Wildman–Crippen LogP) is 3.98. The van der Waals surface area contributed by atoms with Crippen LogP contribution in [0.3, 0.4) is 0 Å². The topological polar surface area (TPSA) is 66.0 Å². The van der Waals surface area contributed by atoms with E-state index in [0.29, 0.717) is 6.54 Å². The van der Waals surface area contributed by atoms with E-state index < -0.39 is 0 Å². The van der Waals surface area contributed by atoms with Gasteiger partial charge in [0.2, 0.25) is 5.91 Å². The Kier molecular flexibility index (Phi) is 9.70. The Morgan fingerprint density at radius 1 is 1.16 bits per heavy atom. The second-order valence-electron chi connectivity index (χ2n) is 7.49. The molecule has 2 aromatic rings. The van der Waals surface area contributed by atoms with Gasteiger partial charge in [-0.15, -0.1) is 24.0 Å². The average Bonchev–Trinajstić information content (AvgIpc) is 2.72. The van der Waals surface area contributed by atoms with Crippen molar-refractivity contribution in [1.29, 1.82) is 0 Å². The minimum absolute atomic E-state index is 0. The van der Waals surface area contributed by atoms with E-state index >= 15 is 0 Å². The first kappa shape index (κ1) is 25.1. The fraction of sp³-hybridized carbons (Fsp3) is 0.391. The van der Waals surface area contributed by atoms with Crippen LogP contribution in [-0.4, -0.2) is 49.6 Å². The molecule has 1 saturated heterocycles. The molecule has 1 aliphatic heterocycles. The van der Waals surface area contributed by atoms with Crippen LogP contribution in [-0.2, 0) is 16.0 Å². The van der Waals surface area contributed by atoms with Gasteiger partial charge in [0.05, 0.1) is 12.6 Å². The highest BCUT2D eigenvalue weighted by molar-refractivity contribution is 14.0. The van der Waals surface area contributed by atoms with Gasteiger partial charge in [0.25, 0.3) is 0 Å². The molecular formula is C23H30FIN4O2. The van der Waals surface area contributed by atoms with Crippen molar-refractivity contribution in [3.8, 4) is 0 Å². The smallest absolute Gasteiger partial charge is 0.221 e. The summed E-state index contributed by atoms with van der Waals surface area (Å²) in [5.74, 6) is 0.501. The lowest BCUT2D eigenvalue weighted by molar-refractivity contribution is -0.114. The van der Waals surface area contributed by atoms with E-state index in [0.717, 1.165) is 36.7 Å². The van der Waals surface area contributed by atoms with Gasteiger partial charge in [-0.1, -0.05) is 24.3 Å². The predicted molar refractivity (Wildman–Crippen MR) is 132 cm³/mol. The molecule has 2 atom stereocenters. The summed E-state index contributed by atoms with van der Waals surface area (Å²) < 4.78 is 19.3. The minimum Gasteiger partial charge on any atom is -0.367 e. The maximum atomic E-state index is 13.2. The van der Waals surface area contributed by atoms with Crippen molar-refractivity contribution in [3.05, 3.63) is 65.5 Å². The molecule has 0 aromatic heterocycles. The van der Waals surface area contributed by atoms with Crippen molar-refractivity contribution in [3.63, 3.8) is 0 Å². The summed E-state index contributed by atoms with van der Waals surface area (Å²) in [5, 5.41) is 6.20. The maximum Gasteiger partial charge on any atom is 0.221 e. The van der Waals surface area contributed by atoms with Gasteiger partial charge >= 0.3 is 0 Å². The number of carbonyl (C=O) groups excluding carboxylic acids is 1. The average molecular weight is 540 g/mol. The normalized spacial score (nSPS) is 18.8. The van der Waals surface area contributed by atoms with Crippen LogP contribution in [0.2, 0.25) is 0 Å². The van der Waals surface area contributed by atoms with Gasteiger partial charge in [-0.3, -0.25) is 9.79 Å². The number of morpholine rings is 1. The van der Waals surface area contributed by atoms with Crippen molar-refractivity contribution in [2.45, 2.75) is 32.5 Å². The first-order valence-electron chi connectivity index (χ1n) is 10.2. The molecule has 2 aromatic carbocycles. The van der Waals surface area contributed by atoms with Crippen LogP contribution >= 0.6 is 24.0 Å². The number of benzene rings is 2. The van der Waals surface area contributed by atoms with Gasteiger partial charge in [-0.05, 0) is 48.7 Å². The largest absolute Gasteiger partial charge is 0.367 e. The number of amides is 1. The SMILES string of the molecule is CN=C(NCCc1ccc(NC(C)=O)cc1)N1CC(C)OC(c2ccc(F)cc2)C1.I. The molecule has 3 rings (SSSR count). The Hall–Kier alpha value is -2.20. The molecule has 0 radical (unpaired) electrons. The van der Waals surface area contributed by atoms with Crippen LogP contribution in [0.5, 0.6) is 0 Å². The molecule has 1 fully saturated rings. The summed E-state index contributed by atoms with van der Waals surface area (Å²) in [6.07, 6.45) is 0.739. The third-order valence-electron chi connectivity index (χ3n) is 4.98. The van der Waals surface area contributed by atoms with Crippen LogP contribution < -0.4 is 10.6 Å². The molecule has 2 N–H and O–H groups in total. The molecule has 2 unspecified atom stereocenters. The number of hydrogen-bond donors (Lipinski definition) is 2. The van der Waals surface area contributed by atoms with Crippen LogP contribution in [0, 0.1) is 5.82 Å². The number of hydrogen-bond acceptors (Lipinski definition) is 3. The molecule has 31 heavy (non-hydrogen) atoms. The zero-order valence-corrected chi connectivity index (χ0v) is 20.4. The quantitative estimate of drug-likeness (QED) is 0.342. The lowest BCUT2D eigenvalue weighted by Crippen LogP contribution is -2.51. The number of halogens is 2. The number of anilines is 1. The fourth-order valence-corrected chi connectivity index (χ4v) is 3.59. The highest BCUT2D eigenvalue weighted by atomic mass is 127. The second kappa shape index (κ2) is 12.0. The van der Waals surface area contributed by atoms with Crippen molar-refractivity contribution in [2.75, 3.05) is 32.0 Å². The Labute approximate surface area is 200 Å². The van der Waals surface area contributed by atoms with Gasteiger partial charge in [0.15, 0.2) is 5.96 Å². The monoisotopic (exact) mass is 540 g/mol. The second-order valence-corrected chi connectivity index (χ2v) is 7.49. The molecule has 0 aliphatic carbocycles. The molecule has 0 bridgehead atoms. The maximum absolute atomic E-state index is 13.2. The summed E-state index contributed by atoms with van der Waals surface area (Å²) in [7, 11) is 1.78. The van der Waals surface area contributed by atoms with E-state index in [-0.39, 0.29) is 47.9 Å². The Morgan fingerprint density at radius 2 is 1.84 bits per heavy atom. The molecule has 168 valence electrons. The van der Waals surface area contributed by atoms with Crippen LogP contribution in [0.4, 0.5) is 10.1 Å². The molecular weight excluding hydrogens is 510 g/mol. The van der Waals surface area contributed by atoms with E-state index in [4.69, 9.17) is 4.74 Å². The number of nitrogens with zero attached hydrogens (tertiary/aromatic N) is 2. The summed E-state index contributed by atoms with van der Waals surface area (Å²) in [6.45, 7) is 5.66. The van der Waals surface area contributed by atoms with E-state index in [1.54, 1.807) is 19.2 Å². The van der Waals surface area contributed by atoms with Crippen LogP contribution in [0.1, 0.15) is 31.1 Å². The van der Waals surface area contributed by atoms with Crippen LogP contribution in [0.25, 0.3) is 0 Å². The van der Waals surface area contributed by atoms with Gasteiger partial charge in [0.1, 0.15) is 11.9 Å². The number of nitrogens with one attached hydrogen (secondary N) is 2. The molecule has 8 heteroatoms. The van der Waals surface area contributed by atoms with Gasteiger partial charge in [-0.25, -0.2) is 4.39 Å². The van der Waals surface area contributed by atoms with Gasteiger partial charge < -0.3 is 20.3 Å². The van der Waals surface area contributed by atoms with Crippen molar-refractivity contribution in [1.82, 2.24) is 10.2 Å². The third-order valence-corrected chi connectivity index (χ3v) is 4.98. The van der Waals surface area contributed by atoms with Crippen molar-refractivity contribution >= 4 is 41.5 Å². The number of ether oxygens (including phenoxy) is 1. The molecule has 0 saturated carbocycles. The van der Waals surface area contributed by atoms with Crippen LogP contribution in [0.15, 0.2) is 53.5 Å². The Morgan fingerprint density at radius 3 is 2.45 bits per heavy atom. The molecule has 1 amide bonds. The fourth-order valence-electron chi connectivity index (χ4n) is 3.59. The summed E-state index contributed by atoms with van der Waals surface area (Å²) in [6, 6.07) is 14.3. The Bertz CT molecular complexity index is 874. The zero-order chi connectivity index (χ0) is 21.5. The lowest BCUT2D eigenvalue weighted by atomic mass is 10.1. The number of guanidine groups is 1. The lowest BCUT2D eigenvalue weighted by Gasteiger charge is -2.38. The third kappa shape index (κ3) is 7.46. The Balaban J connectivity index is 0.00000341. The van der Waals surface area contributed by atoms with E-state index in [9.17, 15) is 9.18 Å². The highest BCUT2D eigenvalue weighted by Gasteiger charge is 2.28. The minimum atomic E-state index is -0.248. The molecule has 1 heterocycles. The standard InChI is InChI=1S/C23H29FN4O2.HI/c1-16-14-28(15-22(30-16)19-6-8-20(24)9-7-19)23(25-3)26-13-12-18-4-10-21(11-5-18)27-17(2)29;/h4-11,16,22H,12-15H2,1-3H3,(H,25,26)(H,27,29);1H. The molecule has 6 nitrogen and oxygen atoms in total. The summed E-state index contributed by atoms with van der Waals surface area (Å²) in [5.41, 5.74) is 2.93. The van der Waals surface area contributed by atoms with Crippen molar-refractivity contribution in [2.24, 2.45) is 4.99 Å². The van der Waals surface area contributed by atoms with Gasteiger partial charge in [0, 0.05) is 32.7 Å². The van der Waals surface area contributed by atoms with Crippen molar-refractivity contribution < 1.29 is 13.9 Å². The first-order valence-corrected chi connectivity index (χ1v) is 10.2. The van der Waals surface area contributed by atoms with E-state index in [1.807, 2.05) is 31.2 Å². The van der Waals surface area contributed by atoms with Gasteiger partial charge in [-0.2, -0.15) is 0 Å². The number of rotatable bonds is 5. The number of aliphatic imine (C=N–C) groups is 1. The van der Waals surface area contributed by atoms with E-state index in [2.05, 4.69) is 20.5 Å². The summed E-state index contributed by atoms with van der Waals surface area (Å²) >= 11 is 0. The zero-order valence-electron chi connectivity index (χ0n) is 18.1. The molecule has 1 aliphatic rings. The molecule has 0 spiro atoms. The highest BCUT2D eigenvalue weighted by Crippen LogP contribution is 2.25. The number of carbonyl (C=O) groups is 1. The van der Waals surface area contributed by atoms with E-state index in [1.165, 1.54) is 24.6 Å². The summed E-state index contributed by atoms with van der Waals surface area (Å²) in [4.78, 5) is 17.7.